The molecular weight excluding hydrogens is 392 g/mol. The molecule has 1 atom stereocenters. The molecule has 2 aromatic carbocycles. The number of fused-ring (bicyclic) bond motifs is 1. The van der Waals surface area contributed by atoms with Gasteiger partial charge in [-0.1, -0.05) is 47.9 Å². The van der Waals surface area contributed by atoms with E-state index in [4.69, 9.17) is 0 Å². The molecule has 0 aromatic heterocycles. The Bertz CT molecular complexity index is 1010. The van der Waals surface area contributed by atoms with Crippen LogP contribution < -0.4 is 10.2 Å². The number of para-hydroxylation sites is 1. The summed E-state index contributed by atoms with van der Waals surface area (Å²) in [6.07, 6.45) is 0.507. The number of benzene rings is 2. The molecule has 5 nitrogen and oxygen atoms in total. The van der Waals surface area contributed by atoms with Crippen LogP contribution in [0.4, 0.5) is 10.5 Å². The van der Waals surface area contributed by atoms with Crippen LogP contribution in [0.1, 0.15) is 11.1 Å². The van der Waals surface area contributed by atoms with E-state index in [1.54, 1.807) is 16.7 Å². The largest absolute Gasteiger partial charge is 0.299 e. The van der Waals surface area contributed by atoms with Gasteiger partial charge in [0.2, 0.25) is 11.8 Å². The van der Waals surface area contributed by atoms with Crippen LogP contribution in [0.15, 0.2) is 53.4 Å². The van der Waals surface area contributed by atoms with Crippen molar-refractivity contribution in [3.8, 4) is 11.8 Å². The normalized spacial score (nSPS) is 18.4. The number of carbonyl (C=O) groups is 3. The van der Waals surface area contributed by atoms with E-state index in [-0.39, 0.29) is 22.3 Å². The molecule has 2 heterocycles. The molecule has 1 saturated heterocycles. The molecule has 2 aliphatic heterocycles. The predicted octanol–water partition coefficient (Wildman–Crippen LogP) is 3.07. The van der Waals surface area contributed by atoms with Crippen molar-refractivity contribution in [3.63, 3.8) is 0 Å². The summed E-state index contributed by atoms with van der Waals surface area (Å²) in [5, 5.41) is 1.64. The second-order valence-electron chi connectivity index (χ2n) is 6.32. The van der Waals surface area contributed by atoms with Crippen LogP contribution in [-0.2, 0) is 16.0 Å². The molecule has 0 aliphatic carbocycles. The first-order valence-corrected chi connectivity index (χ1v) is 10.6. The van der Waals surface area contributed by atoms with Crippen LogP contribution in [-0.4, -0.2) is 34.6 Å². The van der Waals surface area contributed by atoms with Crippen molar-refractivity contribution in [1.29, 1.82) is 0 Å². The third kappa shape index (κ3) is 4.08. The molecule has 3 amide bonds. The van der Waals surface area contributed by atoms with Crippen LogP contribution in [0.2, 0.25) is 0 Å². The highest BCUT2D eigenvalue weighted by atomic mass is 32.2. The summed E-state index contributed by atoms with van der Waals surface area (Å²) in [7, 11) is 0. The van der Waals surface area contributed by atoms with Gasteiger partial charge in [-0.15, -0.1) is 11.8 Å². The van der Waals surface area contributed by atoms with Gasteiger partial charge in [-0.05, 0) is 36.2 Å². The van der Waals surface area contributed by atoms with Crippen molar-refractivity contribution in [2.75, 3.05) is 17.2 Å². The molecule has 1 N–H and O–H groups in total. The van der Waals surface area contributed by atoms with Gasteiger partial charge in [-0.3, -0.25) is 24.6 Å². The van der Waals surface area contributed by atoms with Gasteiger partial charge in [0.15, 0.2) is 0 Å². The summed E-state index contributed by atoms with van der Waals surface area (Å²) in [6.45, 7) is 0.346. The van der Waals surface area contributed by atoms with Crippen molar-refractivity contribution < 1.29 is 14.4 Å². The molecule has 1 fully saturated rings. The van der Waals surface area contributed by atoms with Gasteiger partial charge in [0, 0.05) is 10.5 Å². The lowest BCUT2D eigenvalue weighted by atomic mass is 10.1. The quantitative estimate of drug-likeness (QED) is 0.791. The zero-order valence-electron chi connectivity index (χ0n) is 14.8. The van der Waals surface area contributed by atoms with Crippen molar-refractivity contribution in [2.24, 2.45) is 0 Å². The van der Waals surface area contributed by atoms with E-state index in [9.17, 15) is 14.4 Å². The standard InChI is InChI=1S/C21H16N2O3S2/c24-19-13-27-17-6-2-1-5-16(17)23(19)11-3-4-14-7-9-15(10-8-14)12-18-20(25)22-21(26)28-18/h1-2,5-10,18H,11-13H2,(H,22,25,26). The second kappa shape index (κ2) is 8.13. The van der Waals surface area contributed by atoms with Gasteiger partial charge in [-0.2, -0.15) is 0 Å². The molecule has 0 spiro atoms. The third-order valence-corrected chi connectivity index (χ3v) is 6.45. The van der Waals surface area contributed by atoms with Crippen LogP contribution in [0.3, 0.4) is 0 Å². The average Bonchev–Trinajstić information content (AvgIpc) is 3.01. The highest BCUT2D eigenvalue weighted by molar-refractivity contribution is 8.15. The van der Waals surface area contributed by atoms with E-state index in [0.717, 1.165) is 33.5 Å². The van der Waals surface area contributed by atoms with Gasteiger partial charge in [0.25, 0.3) is 5.24 Å². The molecule has 0 radical (unpaired) electrons. The molecular formula is C21H16N2O3S2. The Balaban J connectivity index is 1.41. The fourth-order valence-electron chi connectivity index (χ4n) is 3.01. The van der Waals surface area contributed by atoms with E-state index in [2.05, 4.69) is 17.2 Å². The maximum absolute atomic E-state index is 12.2. The van der Waals surface area contributed by atoms with E-state index in [0.29, 0.717) is 18.7 Å². The molecule has 2 aromatic rings. The molecule has 0 saturated carbocycles. The average molecular weight is 409 g/mol. The topological polar surface area (TPSA) is 66.5 Å². The van der Waals surface area contributed by atoms with Crippen LogP contribution in [0, 0.1) is 11.8 Å². The second-order valence-corrected chi connectivity index (χ2v) is 8.52. The number of thioether (sulfide) groups is 2. The molecule has 28 heavy (non-hydrogen) atoms. The van der Waals surface area contributed by atoms with Gasteiger partial charge in [-0.25, -0.2) is 0 Å². The summed E-state index contributed by atoms with van der Waals surface area (Å²) in [5.41, 5.74) is 2.73. The minimum Gasteiger partial charge on any atom is -0.299 e. The highest BCUT2D eigenvalue weighted by Gasteiger charge is 2.31. The van der Waals surface area contributed by atoms with Gasteiger partial charge in [0.05, 0.1) is 23.2 Å². The summed E-state index contributed by atoms with van der Waals surface area (Å²) < 4.78 is 0. The summed E-state index contributed by atoms with van der Waals surface area (Å²) >= 11 is 2.58. The van der Waals surface area contributed by atoms with Crippen molar-refractivity contribution >= 4 is 46.3 Å². The maximum atomic E-state index is 12.2. The number of amides is 3. The number of carbonyl (C=O) groups excluding carboxylic acids is 3. The maximum Gasteiger partial charge on any atom is 0.286 e. The molecule has 0 bridgehead atoms. The number of nitrogens with one attached hydrogen (secondary N) is 1. The number of nitrogens with zero attached hydrogens (tertiary/aromatic N) is 1. The zero-order valence-corrected chi connectivity index (χ0v) is 16.4. The van der Waals surface area contributed by atoms with E-state index < -0.39 is 0 Å². The first kappa shape index (κ1) is 18.7. The van der Waals surface area contributed by atoms with Gasteiger partial charge in [0.1, 0.15) is 0 Å². The monoisotopic (exact) mass is 408 g/mol. The Morgan fingerprint density at radius 1 is 1.07 bits per heavy atom. The summed E-state index contributed by atoms with van der Waals surface area (Å²) in [6, 6.07) is 15.5. The Hall–Kier alpha value is -2.69. The lowest BCUT2D eigenvalue weighted by Crippen LogP contribution is -2.35. The smallest absolute Gasteiger partial charge is 0.286 e. The Morgan fingerprint density at radius 2 is 1.86 bits per heavy atom. The fourth-order valence-corrected chi connectivity index (χ4v) is 4.81. The van der Waals surface area contributed by atoms with E-state index >= 15 is 0 Å². The number of rotatable bonds is 3. The first-order valence-electron chi connectivity index (χ1n) is 8.71. The number of hydrogen-bond acceptors (Lipinski definition) is 5. The molecule has 7 heteroatoms. The molecule has 4 rings (SSSR count). The van der Waals surface area contributed by atoms with Crippen LogP contribution >= 0.6 is 23.5 Å². The van der Waals surface area contributed by atoms with Gasteiger partial charge < -0.3 is 0 Å². The summed E-state index contributed by atoms with van der Waals surface area (Å²) in [4.78, 5) is 38.0. The van der Waals surface area contributed by atoms with E-state index in [1.165, 1.54) is 0 Å². The Labute approximate surface area is 171 Å². The lowest BCUT2D eigenvalue weighted by Gasteiger charge is -2.27. The lowest BCUT2D eigenvalue weighted by molar-refractivity contribution is -0.119. The van der Waals surface area contributed by atoms with Gasteiger partial charge >= 0.3 is 0 Å². The van der Waals surface area contributed by atoms with Crippen LogP contribution in [0.5, 0.6) is 0 Å². The molecule has 140 valence electrons. The number of anilines is 1. The van der Waals surface area contributed by atoms with Crippen LogP contribution in [0.25, 0.3) is 0 Å². The van der Waals surface area contributed by atoms with Crippen molar-refractivity contribution in [1.82, 2.24) is 5.32 Å². The molecule has 2 aliphatic rings. The van der Waals surface area contributed by atoms with E-state index in [1.807, 2.05) is 48.5 Å². The van der Waals surface area contributed by atoms with Crippen molar-refractivity contribution in [3.05, 3.63) is 59.7 Å². The predicted molar refractivity (Wildman–Crippen MR) is 111 cm³/mol. The fraction of sp³-hybridized carbons (Fsp3) is 0.190. The number of imide groups is 1. The van der Waals surface area contributed by atoms with Crippen molar-refractivity contribution in [2.45, 2.75) is 16.6 Å². The SMILES string of the molecule is O=C1NC(=O)C(Cc2ccc(C#CCN3C(=O)CSc4ccccc43)cc2)S1. The zero-order chi connectivity index (χ0) is 19.5. The Kier molecular flexibility index (Phi) is 5.42. The minimum atomic E-state index is -0.368. The minimum absolute atomic E-state index is 0.0650. The highest BCUT2D eigenvalue weighted by Crippen LogP contribution is 2.34. The third-order valence-electron chi connectivity index (χ3n) is 4.42. The first-order chi connectivity index (χ1) is 13.6. The Morgan fingerprint density at radius 3 is 2.61 bits per heavy atom. The number of hydrogen-bond donors (Lipinski definition) is 1. The molecule has 1 unspecified atom stereocenters. The summed E-state index contributed by atoms with van der Waals surface area (Å²) in [5.74, 6) is 6.44.